The molecule has 4 aliphatic rings. The van der Waals surface area contributed by atoms with Crippen LogP contribution in [0.5, 0.6) is 0 Å². The quantitative estimate of drug-likeness (QED) is 0.733. The smallest absolute Gasteiger partial charge is 0.133 e. The van der Waals surface area contributed by atoms with Gasteiger partial charge in [-0.1, -0.05) is 13.8 Å². The molecule has 4 rings (SSSR count). The molecule has 8 atom stereocenters. The van der Waals surface area contributed by atoms with Crippen molar-refractivity contribution < 1.29 is 14.0 Å². The van der Waals surface area contributed by atoms with Crippen LogP contribution in [0.2, 0.25) is 0 Å². The first kappa shape index (κ1) is 13.8. The molecule has 0 amide bonds. The SMILES string of the molecule is [2H]C([2H])([2H])[C@]1(O)CC[C@@]2(C)[C@@H](CC[C@@H]3[C@@H]2CC[C@]2(C)[C@@H](C(C)=O)CC[C@@H]32)C1. The summed E-state index contributed by atoms with van der Waals surface area (Å²) in [5, 5.41) is 10.8. The molecule has 0 aromatic rings. The van der Waals surface area contributed by atoms with Crippen molar-refractivity contribution in [3.8, 4) is 0 Å². The molecular weight excluding hydrogens is 296 g/mol. The summed E-state index contributed by atoms with van der Waals surface area (Å²) >= 11 is 0. The number of Topliss-reactive ketones (excluding diaryl/α,β-unsaturated/α-hetero) is 1. The largest absolute Gasteiger partial charge is 0.390 e. The van der Waals surface area contributed by atoms with Crippen LogP contribution in [0.4, 0.5) is 0 Å². The van der Waals surface area contributed by atoms with E-state index in [4.69, 9.17) is 4.11 Å². The molecule has 136 valence electrons. The first-order valence-electron chi connectivity index (χ1n) is 11.7. The van der Waals surface area contributed by atoms with Gasteiger partial charge in [0.15, 0.2) is 0 Å². The van der Waals surface area contributed by atoms with Gasteiger partial charge in [-0.3, -0.25) is 4.79 Å². The topological polar surface area (TPSA) is 37.3 Å². The number of hydrogen-bond acceptors (Lipinski definition) is 2. The lowest BCUT2D eigenvalue weighted by Crippen LogP contribution is -2.55. The molecule has 1 N–H and O–H groups in total. The zero-order valence-electron chi connectivity index (χ0n) is 18.6. The van der Waals surface area contributed by atoms with Gasteiger partial charge in [0.2, 0.25) is 0 Å². The fourth-order valence-electron chi connectivity index (χ4n) is 7.91. The monoisotopic (exact) mass is 335 g/mol. The Morgan fingerprint density at radius 3 is 2.46 bits per heavy atom. The van der Waals surface area contributed by atoms with E-state index < -0.39 is 12.5 Å². The predicted molar refractivity (Wildman–Crippen MR) is 96.5 cm³/mol. The van der Waals surface area contributed by atoms with Crippen LogP contribution >= 0.6 is 0 Å². The maximum absolute atomic E-state index is 12.2. The third kappa shape index (κ3) is 2.27. The highest BCUT2D eigenvalue weighted by molar-refractivity contribution is 5.79. The summed E-state index contributed by atoms with van der Waals surface area (Å²) in [5.74, 6) is 2.87. The molecule has 4 saturated carbocycles. The first-order valence-corrected chi connectivity index (χ1v) is 10.2. The van der Waals surface area contributed by atoms with Crippen LogP contribution in [0.1, 0.15) is 89.5 Å². The van der Waals surface area contributed by atoms with Crippen LogP contribution in [0.3, 0.4) is 0 Å². The van der Waals surface area contributed by atoms with Gasteiger partial charge in [0.1, 0.15) is 5.78 Å². The minimum absolute atomic E-state index is 0.149. The Morgan fingerprint density at radius 2 is 1.75 bits per heavy atom. The molecule has 0 aliphatic heterocycles. The van der Waals surface area contributed by atoms with Gasteiger partial charge < -0.3 is 5.11 Å². The molecule has 0 heterocycles. The fourth-order valence-corrected chi connectivity index (χ4v) is 7.91. The van der Waals surface area contributed by atoms with E-state index in [0.717, 1.165) is 32.1 Å². The molecule has 0 unspecified atom stereocenters. The lowest BCUT2D eigenvalue weighted by Gasteiger charge is -2.61. The van der Waals surface area contributed by atoms with Gasteiger partial charge in [-0.05, 0) is 106 Å². The molecule has 4 fully saturated rings. The fraction of sp³-hybridized carbons (Fsp3) is 0.955. The van der Waals surface area contributed by atoms with E-state index in [2.05, 4.69) is 13.8 Å². The Labute approximate surface area is 152 Å². The minimum Gasteiger partial charge on any atom is -0.390 e. The van der Waals surface area contributed by atoms with Gasteiger partial charge in [0.25, 0.3) is 0 Å². The van der Waals surface area contributed by atoms with Crippen LogP contribution in [0.15, 0.2) is 0 Å². The van der Waals surface area contributed by atoms with Crippen LogP contribution in [-0.4, -0.2) is 16.5 Å². The van der Waals surface area contributed by atoms with Gasteiger partial charge in [0, 0.05) is 10.0 Å². The summed E-state index contributed by atoms with van der Waals surface area (Å²) in [6.07, 6.45) is 8.38. The summed E-state index contributed by atoms with van der Waals surface area (Å²) < 4.78 is 23.4. The average Bonchev–Trinajstić information content (AvgIpc) is 2.92. The second-order valence-electron chi connectivity index (χ2n) is 10.2. The average molecular weight is 336 g/mol. The molecule has 24 heavy (non-hydrogen) atoms. The highest BCUT2D eigenvalue weighted by Gasteiger charge is 2.61. The molecule has 2 nitrogen and oxygen atoms in total. The Bertz CT molecular complexity index is 632. The van der Waals surface area contributed by atoms with E-state index in [1.807, 2.05) is 0 Å². The third-order valence-electron chi connectivity index (χ3n) is 9.22. The molecule has 0 aromatic carbocycles. The highest BCUT2D eigenvalue weighted by Crippen LogP contribution is 2.68. The number of hydrogen-bond donors (Lipinski definition) is 1. The number of aliphatic hydroxyl groups is 1. The van der Waals surface area contributed by atoms with E-state index in [0.29, 0.717) is 42.3 Å². The second-order valence-corrected chi connectivity index (χ2v) is 10.2. The molecule has 0 radical (unpaired) electrons. The van der Waals surface area contributed by atoms with Crippen LogP contribution in [0.25, 0.3) is 0 Å². The lowest BCUT2D eigenvalue weighted by atomic mass is 9.44. The maximum atomic E-state index is 12.2. The standard InChI is InChI=1S/C22H36O2/c1-14(23)17-7-8-18-16-6-5-15-13-20(2,24)11-12-21(15,3)19(16)9-10-22(17,18)4/h15-19,24H,5-13H2,1-4H3/t15-,16-,17+,18-,19-,20-,21-,22+/m0/s1/i2D3. The van der Waals surface area contributed by atoms with Crippen molar-refractivity contribution >= 4 is 5.78 Å². The van der Waals surface area contributed by atoms with Crippen molar-refractivity contribution in [2.75, 3.05) is 0 Å². The van der Waals surface area contributed by atoms with Crippen LogP contribution in [-0.2, 0) is 4.79 Å². The highest BCUT2D eigenvalue weighted by atomic mass is 16.3. The summed E-state index contributed by atoms with van der Waals surface area (Å²) in [5.41, 5.74) is -1.18. The Balaban J connectivity index is 1.59. The summed E-state index contributed by atoms with van der Waals surface area (Å²) in [6.45, 7) is 4.25. The van der Waals surface area contributed by atoms with E-state index in [9.17, 15) is 9.90 Å². The second kappa shape index (κ2) is 5.32. The van der Waals surface area contributed by atoms with Crippen molar-refractivity contribution in [2.24, 2.45) is 40.4 Å². The van der Waals surface area contributed by atoms with Crippen LogP contribution in [0, 0.1) is 40.4 Å². The normalized spacial score (nSPS) is 59.3. The van der Waals surface area contributed by atoms with Crippen molar-refractivity contribution in [3.05, 3.63) is 0 Å². The van der Waals surface area contributed by atoms with E-state index in [-0.39, 0.29) is 16.7 Å². The van der Waals surface area contributed by atoms with Crippen molar-refractivity contribution in [2.45, 2.75) is 91.0 Å². The predicted octanol–water partition coefficient (Wildman–Crippen LogP) is 4.99. The van der Waals surface area contributed by atoms with Crippen LogP contribution < -0.4 is 0 Å². The Hall–Kier alpha value is -0.370. The van der Waals surface area contributed by atoms with E-state index >= 15 is 0 Å². The molecular formula is C22H36O2. The van der Waals surface area contributed by atoms with E-state index in [1.165, 1.54) is 12.8 Å². The number of ketones is 1. The molecule has 0 saturated heterocycles. The minimum atomic E-state index is -2.28. The molecule has 0 bridgehead atoms. The van der Waals surface area contributed by atoms with Crippen molar-refractivity contribution in [1.82, 2.24) is 0 Å². The van der Waals surface area contributed by atoms with Gasteiger partial charge in [-0.2, -0.15) is 0 Å². The summed E-state index contributed by atoms with van der Waals surface area (Å²) in [6, 6.07) is 0. The number of carbonyl (C=O) groups is 1. The number of fused-ring (bicyclic) bond motifs is 5. The lowest BCUT2D eigenvalue weighted by molar-refractivity contribution is -0.150. The van der Waals surface area contributed by atoms with Gasteiger partial charge >= 0.3 is 0 Å². The van der Waals surface area contributed by atoms with Crippen molar-refractivity contribution in [1.29, 1.82) is 0 Å². The third-order valence-corrected chi connectivity index (χ3v) is 9.22. The summed E-state index contributed by atoms with van der Waals surface area (Å²) in [7, 11) is 0. The summed E-state index contributed by atoms with van der Waals surface area (Å²) in [4.78, 5) is 12.2. The molecule has 2 heteroatoms. The molecule has 4 aliphatic carbocycles. The van der Waals surface area contributed by atoms with Gasteiger partial charge in [-0.15, -0.1) is 0 Å². The number of rotatable bonds is 1. The molecule has 0 aromatic heterocycles. The number of carbonyl (C=O) groups excluding carboxylic acids is 1. The van der Waals surface area contributed by atoms with Gasteiger partial charge in [0.05, 0.1) is 5.60 Å². The van der Waals surface area contributed by atoms with E-state index in [1.54, 1.807) is 6.92 Å². The Morgan fingerprint density at radius 1 is 1.00 bits per heavy atom. The van der Waals surface area contributed by atoms with Crippen molar-refractivity contribution in [3.63, 3.8) is 0 Å². The maximum Gasteiger partial charge on any atom is 0.133 e. The zero-order chi connectivity index (χ0) is 19.8. The molecule has 0 spiro atoms. The zero-order valence-corrected chi connectivity index (χ0v) is 15.6. The van der Waals surface area contributed by atoms with Gasteiger partial charge in [-0.25, -0.2) is 0 Å². The Kier molecular flexibility index (Phi) is 3.05. The first-order chi connectivity index (χ1) is 12.4.